The molecule has 1 fully saturated rings. The maximum absolute atomic E-state index is 11.6. The quantitative estimate of drug-likeness (QED) is 0.632. The van der Waals surface area contributed by atoms with Crippen LogP contribution in [0.2, 0.25) is 0 Å². The molecule has 0 atom stereocenters. The lowest BCUT2D eigenvalue weighted by Gasteiger charge is -2.22. The van der Waals surface area contributed by atoms with Crippen LogP contribution in [0.4, 0.5) is 0 Å². The average Bonchev–Trinajstić information content (AvgIpc) is 2.62. The molecule has 2 amide bonds. The molecule has 0 aromatic heterocycles. The second kappa shape index (κ2) is 4.44. The first-order valence-electron chi connectivity index (χ1n) is 5.17. The number of nitrogens with one attached hydrogen (secondary N) is 1. The summed E-state index contributed by atoms with van der Waals surface area (Å²) in [4.78, 5) is 38.7. The SMILES string of the molecule is O=C(ON1C(=O)C=CC1=O)C1CCNCC1. The van der Waals surface area contributed by atoms with Gasteiger partial charge in [-0.15, -0.1) is 0 Å². The Hall–Kier alpha value is -1.69. The van der Waals surface area contributed by atoms with E-state index in [1.165, 1.54) is 0 Å². The smallest absolute Gasteiger partial charge is 0.329 e. The van der Waals surface area contributed by atoms with E-state index in [4.69, 9.17) is 4.84 Å². The molecule has 2 rings (SSSR count). The summed E-state index contributed by atoms with van der Waals surface area (Å²) < 4.78 is 0. The van der Waals surface area contributed by atoms with Gasteiger partial charge in [0.25, 0.3) is 11.8 Å². The van der Waals surface area contributed by atoms with Crippen LogP contribution in [0.15, 0.2) is 12.2 Å². The number of piperidine rings is 1. The Kier molecular flexibility index (Phi) is 3.00. The Morgan fingerprint density at radius 3 is 2.38 bits per heavy atom. The highest BCUT2D eigenvalue weighted by Gasteiger charge is 2.31. The number of hydrogen-bond acceptors (Lipinski definition) is 5. The number of carbonyl (C=O) groups excluding carboxylic acids is 3. The molecule has 0 aromatic carbocycles. The lowest BCUT2D eigenvalue weighted by atomic mass is 9.99. The van der Waals surface area contributed by atoms with Crippen molar-refractivity contribution < 1.29 is 19.2 Å². The maximum Gasteiger partial charge on any atom is 0.336 e. The number of rotatable bonds is 2. The van der Waals surface area contributed by atoms with Gasteiger partial charge in [-0.1, -0.05) is 5.06 Å². The molecule has 2 aliphatic rings. The highest BCUT2D eigenvalue weighted by Crippen LogP contribution is 2.15. The Bertz CT molecular complexity index is 340. The van der Waals surface area contributed by atoms with Gasteiger partial charge in [0.2, 0.25) is 0 Å². The van der Waals surface area contributed by atoms with Crippen molar-refractivity contribution in [3.8, 4) is 0 Å². The monoisotopic (exact) mass is 224 g/mol. The van der Waals surface area contributed by atoms with Crippen molar-refractivity contribution in [2.75, 3.05) is 13.1 Å². The second-order valence-corrected chi connectivity index (χ2v) is 3.74. The van der Waals surface area contributed by atoms with Gasteiger partial charge in [-0.05, 0) is 25.9 Å². The highest BCUT2D eigenvalue weighted by atomic mass is 16.7. The Labute approximate surface area is 92.2 Å². The topological polar surface area (TPSA) is 75.7 Å². The summed E-state index contributed by atoms with van der Waals surface area (Å²) in [5, 5.41) is 3.62. The van der Waals surface area contributed by atoms with Gasteiger partial charge in [0, 0.05) is 12.2 Å². The van der Waals surface area contributed by atoms with Crippen molar-refractivity contribution >= 4 is 17.8 Å². The van der Waals surface area contributed by atoms with E-state index in [2.05, 4.69) is 5.32 Å². The average molecular weight is 224 g/mol. The first-order chi connectivity index (χ1) is 7.68. The van der Waals surface area contributed by atoms with Gasteiger partial charge in [0.1, 0.15) is 0 Å². The van der Waals surface area contributed by atoms with Gasteiger partial charge in [-0.3, -0.25) is 9.59 Å². The Balaban J connectivity index is 1.91. The summed E-state index contributed by atoms with van der Waals surface area (Å²) in [6, 6.07) is 0. The molecule has 16 heavy (non-hydrogen) atoms. The maximum atomic E-state index is 11.6. The largest absolute Gasteiger partial charge is 0.336 e. The van der Waals surface area contributed by atoms with Gasteiger partial charge in [0.05, 0.1) is 5.92 Å². The van der Waals surface area contributed by atoms with Crippen LogP contribution in [0, 0.1) is 5.92 Å². The van der Waals surface area contributed by atoms with Crippen LogP contribution in [-0.4, -0.2) is 35.9 Å². The normalized spacial score (nSPS) is 21.6. The van der Waals surface area contributed by atoms with E-state index in [1.807, 2.05) is 0 Å². The molecule has 86 valence electrons. The zero-order valence-corrected chi connectivity index (χ0v) is 8.64. The number of amides is 2. The van der Waals surface area contributed by atoms with E-state index in [9.17, 15) is 14.4 Å². The summed E-state index contributed by atoms with van der Waals surface area (Å²) in [6.07, 6.45) is 3.50. The summed E-state index contributed by atoms with van der Waals surface area (Å²) >= 11 is 0. The van der Waals surface area contributed by atoms with Crippen LogP contribution >= 0.6 is 0 Å². The lowest BCUT2D eigenvalue weighted by Crippen LogP contribution is -2.38. The second-order valence-electron chi connectivity index (χ2n) is 3.74. The molecule has 0 bridgehead atoms. The summed E-state index contributed by atoms with van der Waals surface area (Å²) in [6.45, 7) is 1.50. The molecule has 6 nitrogen and oxygen atoms in total. The van der Waals surface area contributed by atoms with Crippen molar-refractivity contribution in [2.24, 2.45) is 5.92 Å². The van der Waals surface area contributed by atoms with Gasteiger partial charge >= 0.3 is 5.97 Å². The zero-order chi connectivity index (χ0) is 11.5. The molecular weight excluding hydrogens is 212 g/mol. The minimum atomic E-state index is -0.604. The van der Waals surface area contributed by atoms with Crippen LogP contribution in [0.3, 0.4) is 0 Å². The molecule has 2 aliphatic heterocycles. The van der Waals surface area contributed by atoms with E-state index >= 15 is 0 Å². The molecule has 0 aromatic rings. The molecular formula is C10H12N2O4. The molecule has 6 heteroatoms. The minimum absolute atomic E-state index is 0.234. The number of hydrogen-bond donors (Lipinski definition) is 1. The Morgan fingerprint density at radius 1 is 1.25 bits per heavy atom. The summed E-state index contributed by atoms with van der Waals surface area (Å²) in [7, 11) is 0. The van der Waals surface area contributed by atoms with Crippen molar-refractivity contribution in [3.05, 3.63) is 12.2 Å². The Morgan fingerprint density at radius 2 is 1.81 bits per heavy atom. The standard InChI is InChI=1S/C10H12N2O4/c13-8-1-2-9(14)12(8)16-10(15)7-3-5-11-6-4-7/h1-2,7,11H,3-6H2. The molecule has 1 N–H and O–H groups in total. The zero-order valence-electron chi connectivity index (χ0n) is 8.64. The fourth-order valence-electron chi connectivity index (χ4n) is 1.70. The van der Waals surface area contributed by atoms with Crippen LogP contribution in [0.1, 0.15) is 12.8 Å². The van der Waals surface area contributed by atoms with E-state index in [0.717, 1.165) is 25.2 Å². The molecule has 0 spiro atoms. The summed E-state index contributed by atoms with van der Waals surface area (Å²) in [5.41, 5.74) is 0. The molecule has 0 radical (unpaired) electrons. The fourth-order valence-corrected chi connectivity index (χ4v) is 1.70. The molecule has 1 saturated heterocycles. The van der Waals surface area contributed by atoms with E-state index in [0.29, 0.717) is 17.9 Å². The van der Waals surface area contributed by atoms with Crippen LogP contribution in [0.25, 0.3) is 0 Å². The van der Waals surface area contributed by atoms with Crippen molar-refractivity contribution in [2.45, 2.75) is 12.8 Å². The molecule has 0 saturated carbocycles. The van der Waals surface area contributed by atoms with E-state index in [-0.39, 0.29) is 5.92 Å². The number of nitrogens with zero attached hydrogens (tertiary/aromatic N) is 1. The first kappa shape index (κ1) is 10.8. The third-order valence-corrected chi connectivity index (χ3v) is 2.62. The van der Waals surface area contributed by atoms with Gasteiger partial charge in [0.15, 0.2) is 0 Å². The minimum Gasteiger partial charge on any atom is -0.329 e. The van der Waals surface area contributed by atoms with Crippen molar-refractivity contribution in [3.63, 3.8) is 0 Å². The molecule has 0 aliphatic carbocycles. The number of imide groups is 1. The predicted octanol–water partition coefficient (Wildman–Crippen LogP) is -0.631. The number of hydroxylamine groups is 2. The van der Waals surface area contributed by atoms with Gasteiger partial charge < -0.3 is 10.2 Å². The van der Waals surface area contributed by atoms with E-state index < -0.39 is 17.8 Å². The lowest BCUT2D eigenvalue weighted by molar-refractivity contribution is -0.199. The van der Waals surface area contributed by atoms with Gasteiger partial charge in [-0.25, -0.2) is 4.79 Å². The fraction of sp³-hybridized carbons (Fsp3) is 0.500. The van der Waals surface area contributed by atoms with Crippen LogP contribution in [-0.2, 0) is 19.2 Å². The third kappa shape index (κ3) is 2.11. The van der Waals surface area contributed by atoms with Crippen molar-refractivity contribution in [1.82, 2.24) is 10.4 Å². The molecule has 2 heterocycles. The summed E-state index contributed by atoms with van der Waals surface area (Å²) in [5.74, 6) is -1.95. The van der Waals surface area contributed by atoms with Crippen molar-refractivity contribution in [1.29, 1.82) is 0 Å². The molecule has 0 unspecified atom stereocenters. The number of carbonyl (C=O) groups is 3. The third-order valence-electron chi connectivity index (χ3n) is 2.62. The van der Waals surface area contributed by atoms with Gasteiger partial charge in [-0.2, -0.15) is 0 Å². The first-order valence-corrected chi connectivity index (χ1v) is 5.17. The van der Waals surface area contributed by atoms with E-state index in [1.54, 1.807) is 0 Å². The highest BCUT2D eigenvalue weighted by molar-refractivity contribution is 6.12. The van der Waals surface area contributed by atoms with Crippen LogP contribution in [0.5, 0.6) is 0 Å². The van der Waals surface area contributed by atoms with Crippen LogP contribution < -0.4 is 5.32 Å². The predicted molar refractivity (Wildman–Crippen MR) is 52.7 cm³/mol.